The van der Waals surface area contributed by atoms with Gasteiger partial charge in [0, 0.05) is 38.4 Å². The molecule has 2 amide bonds. The van der Waals surface area contributed by atoms with Gasteiger partial charge in [-0.2, -0.15) is 0 Å². The number of pyridine rings is 1. The van der Waals surface area contributed by atoms with Crippen LogP contribution in [0.25, 0.3) is 0 Å². The van der Waals surface area contributed by atoms with Crippen LogP contribution in [0.2, 0.25) is 0 Å². The SMILES string of the molecule is O=C(c1ccc(Cn2ccccc2=O)o1)N1CCCC(C(=O)N2CCOCC2)C1. The number of amides is 2. The molecule has 154 valence electrons. The van der Waals surface area contributed by atoms with Gasteiger partial charge in [0.05, 0.1) is 25.7 Å². The van der Waals surface area contributed by atoms with Crippen molar-refractivity contribution < 1.29 is 18.7 Å². The molecule has 0 radical (unpaired) electrons. The molecule has 1 unspecified atom stereocenters. The van der Waals surface area contributed by atoms with Crippen LogP contribution in [0.4, 0.5) is 0 Å². The van der Waals surface area contributed by atoms with Crippen LogP contribution in [0, 0.1) is 5.92 Å². The van der Waals surface area contributed by atoms with Gasteiger partial charge >= 0.3 is 0 Å². The van der Waals surface area contributed by atoms with E-state index in [0.29, 0.717) is 45.2 Å². The lowest BCUT2D eigenvalue weighted by molar-refractivity contribution is -0.141. The first-order chi connectivity index (χ1) is 14.1. The van der Waals surface area contributed by atoms with E-state index in [1.807, 2.05) is 4.90 Å². The fourth-order valence-electron chi connectivity index (χ4n) is 3.90. The number of carbonyl (C=O) groups excluding carboxylic acids is 2. The van der Waals surface area contributed by atoms with Gasteiger partial charge in [-0.05, 0) is 31.0 Å². The summed E-state index contributed by atoms with van der Waals surface area (Å²) in [4.78, 5) is 41.0. The molecule has 0 saturated carbocycles. The second-order valence-electron chi connectivity index (χ2n) is 7.46. The van der Waals surface area contributed by atoms with Crippen LogP contribution in [0.15, 0.2) is 45.7 Å². The van der Waals surface area contributed by atoms with Gasteiger partial charge in [0.15, 0.2) is 5.76 Å². The number of likely N-dealkylation sites (tertiary alicyclic amines) is 1. The van der Waals surface area contributed by atoms with Crippen LogP contribution in [-0.2, 0) is 16.1 Å². The summed E-state index contributed by atoms with van der Waals surface area (Å²) >= 11 is 0. The van der Waals surface area contributed by atoms with Crippen LogP contribution in [0.1, 0.15) is 29.2 Å². The molecule has 0 aliphatic carbocycles. The van der Waals surface area contributed by atoms with Gasteiger partial charge in [-0.3, -0.25) is 14.4 Å². The predicted octanol–water partition coefficient (Wildman–Crippen LogP) is 1.20. The minimum absolute atomic E-state index is 0.106. The number of hydrogen-bond acceptors (Lipinski definition) is 5. The Morgan fingerprint density at radius 3 is 2.66 bits per heavy atom. The molecule has 0 aromatic carbocycles. The highest BCUT2D eigenvalue weighted by Gasteiger charge is 2.33. The summed E-state index contributed by atoms with van der Waals surface area (Å²) in [5.74, 6) is 0.497. The zero-order valence-corrected chi connectivity index (χ0v) is 16.3. The Balaban J connectivity index is 1.40. The van der Waals surface area contributed by atoms with Crippen molar-refractivity contribution in [2.45, 2.75) is 19.4 Å². The van der Waals surface area contributed by atoms with E-state index in [-0.39, 0.29) is 35.6 Å². The van der Waals surface area contributed by atoms with Gasteiger partial charge in [0.25, 0.3) is 11.5 Å². The molecule has 2 aliphatic heterocycles. The fourth-order valence-corrected chi connectivity index (χ4v) is 3.90. The lowest BCUT2D eigenvalue weighted by Crippen LogP contribution is -2.49. The first-order valence-corrected chi connectivity index (χ1v) is 10.0. The lowest BCUT2D eigenvalue weighted by Gasteiger charge is -2.35. The van der Waals surface area contributed by atoms with Gasteiger partial charge < -0.3 is 23.5 Å². The average Bonchev–Trinajstić information content (AvgIpc) is 3.23. The zero-order chi connectivity index (χ0) is 20.2. The molecule has 2 aromatic rings. The minimum Gasteiger partial charge on any atom is -0.454 e. The highest BCUT2D eigenvalue weighted by molar-refractivity contribution is 5.92. The summed E-state index contributed by atoms with van der Waals surface area (Å²) < 4.78 is 12.5. The van der Waals surface area contributed by atoms with Crippen LogP contribution >= 0.6 is 0 Å². The molecule has 2 saturated heterocycles. The topological polar surface area (TPSA) is 85.0 Å². The molecule has 0 spiro atoms. The summed E-state index contributed by atoms with van der Waals surface area (Å²) in [6.45, 7) is 3.66. The number of piperidine rings is 1. The second-order valence-corrected chi connectivity index (χ2v) is 7.46. The Hall–Kier alpha value is -2.87. The average molecular weight is 399 g/mol. The fraction of sp³-hybridized carbons (Fsp3) is 0.476. The largest absolute Gasteiger partial charge is 0.454 e. The minimum atomic E-state index is -0.212. The number of ether oxygens (including phenoxy) is 1. The highest BCUT2D eigenvalue weighted by atomic mass is 16.5. The van der Waals surface area contributed by atoms with E-state index in [2.05, 4.69) is 0 Å². The molecule has 2 aromatic heterocycles. The van der Waals surface area contributed by atoms with Crippen molar-refractivity contribution in [1.29, 1.82) is 0 Å². The lowest BCUT2D eigenvalue weighted by atomic mass is 9.96. The molecule has 4 heterocycles. The normalized spacial score (nSPS) is 19.9. The molecule has 2 fully saturated rings. The van der Waals surface area contributed by atoms with E-state index in [9.17, 15) is 14.4 Å². The quantitative estimate of drug-likeness (QED) is 0.771. The number of rotatable bonds is 4. The molecule has 8 nitrogen and oxygen atoms in total. The van der Waals surface area contributed by atoms with Crippen LogP contribution in [0.3, 0.4) is 0 Å². The maximum Gasteiger partial charge on any atom is 0.289 e. The maximum absolute atomic E-state index is 12.9. The van der Waals surface area contributed by atoms with Gasteiger partial charge in [-0.15, -0.1) is 0 Å². The standard InChI is InChI=1S/C21H25N3O5/c25-19-5-1-2-8-23(19)15-17-6-7-18(29-17)21(27)24-9-3-4-16(14-24)20(26)22-10-12-28-13-11-22/h1-2,5-8,16H,3-4,9-15H2. The molecular weight excluding hydrogens is 374 g/mol. The molecule has 29 heavy (non-hydrogen) atoms. The van der Waals surface area contributed by atoms with Crippen molar-refractivity contribution in [3.8, 4) is 0 Å². The van der Waals surface area contributed by atoms with Crippen LogP contribution in [0.5, 0.6) is 0 Å². The Morgan fingerprint density at radius 1 is 1.03 bits per heavy atom. The summed E-state index contributed by atoms with van der Waals surface area (Å²) in [6, 6.07) is 8.29. The summed E-state index contributed by atoms with van der Waals surface area (Å²) in [7, 11) is 0. The van der Waals surface area contributed by atoms with E-state index in [0.717, 1.165) is 12.8 Å². The van der Waals surface area contributed by atoms with E-state index < -0.39 is 0 Å². The number of carbonyl (C=O) groups is 2. The Morgan fingerprint density at radius 2 is 1.86 bits per heavy atom. The monoisotopic (exact) mass is 399 g/mol. The van der Waals surface area contributed by atoms with Gasteiger partial charge in [-0.25, -0.2) is 0 Å². The van der Waals surface area contributed by atoms with Gasteiger partial charge in [0.2, 0.25) is 5.91 Å². The summed E-state index contributed by atoms with van der Waals surface area (Å²) in [6.07, 6.45) is 3.26. The summed E-state index contributed by atoms with van der Waals surface area (Å²) in [5.41, 5.74) is -0.128. The number of furan rings is 1. The van der Waals surface area contributed by atoms with E-state index >= 15 is 0 Å². The molecule has 4 rings (SSSR count). The molecule has 1 atom stereocenters. The van der Waals surface area contributed by atoms with Crippen molar-refractivity contribution in [3.05, 3.63) is 58.4 Å². The van der Waals surface area contributed by atoms with E-state index in [1.165, 1.54) is 10.6 Å². The van der Waals surface area contributed by atoms with Gasteiger partial charge in [-0.1, -0.05) is 6.07 Å². The van der Waals surface area contributed by atoms with Crippen molar-refractivity contribution in [1.82, 2.24) is 14.4 Å². The Kier molecular flexibility index (Phi) is 5.80. The van der Waals surface area contributed by atoms with Gasteiger partial charge in [0.1, 0.15) is 5.76 Å². The predicted molar refractivity (Wildman–Crippen MR) is 105 cm³/mol. The number of aromatic nitrogens is 1. The Bertz CT molecular complexity index is 928. The van der Waals surface area contributed by atoms with Crippen LogP contribution in [-0.4, -0.2) is 65.6 Å². The van der Waals surface area contributed by atoms with Crippen molar-refractivity contribution in [2.75, 3.05) is 39.4 Å². The first-order valence-electron chi connectivity index (χ1n) is 10.0. The summed E-state index contributed by atoms with van der Waals surface area (Å²) in [5, 5.41) is 0. The van der Waals surface area contributed by atoms with Crippen LogP contribution < -0.4 is 5.56 Å². The number of hydrogen-bond donors (Lipinski definition) is 0. The Labute approximate surface area is 168 Å². The van der Waals surface area contributed by atoms with E-state index in [4.69, 9.17) is 9.15 Å². The molecule has 8 heteroatoms. The molecule has 2 aliphatic rings. The first kappa shape index (κ1) is 19.4. The smallest absolute Gasteiger partial charge is 0.289 e. The third kappa shape index (κ3) is 4.42. The zero-order valence-electron chi connectivity index (χ0n) is 16.3. The van der Waals surface area contributed by atoms with Crippen molar-refractivity contribution in [2.24, 2.45) is 5.92 Å². The third-order valence-electron chi connectivity index (χ3n) is 5.48. The molecule has 0 N–H and O–H groups in total. The molecule has 0 bridgehead atoms. The maximum atomic E-state index is 12.9. The third-order valence-corrected chi connectivity index (χ3v) is 5.48. The number of morpholine rings is 1. The second kappa shape index (κ2) is 8.65. The van der Waals surface area contributed by atoms with Crippen molar-refractivity contribution >= 4 is 11.8 Å². The van der Waals surface area contributed by atoms with Crippen molar-refractivity contribution in [3.63, 3.8) is 0 Å². The number of nitrogens with zero attached hydrogens (tertiary/aromatic N) is 3. The molecular formula is C21H25N3O5. The van der Waals surface area contributed by atoms with E-state index in [1.54, 1.807) is 35.4 Å². The highest BCUT2D eigenvalue weighted by Crippen LogP contribution is 2.22.